The van der Waals surface area contributed by atoms with Crippen LogP contribution in [-0.2, 0) is 15.2 Å². The van der Waals surface area contributed by atoms with Gasteiger partial charge in [-0.25, -0.2) is 8.42 Å². The van der Waals surface area contributed by atoms with Crippen molar-refractivity contribution in [1.82, 2.24) is 0 Å². The summed E-state index contributed by atoms with van der Waals surface area (Å²) < 4.78 is 101. The number of hydrogen-bond donors (Lipinski definition) is 0. The Morgan fingerprint density at radius 3 is 1.84 bits per heavy atom. The van der Waals surface area contributed by atoms with Crippen LogP contribution < -0.4 is 4.74 Å². The Bertz CT molecular complexity index is 873. The Morgan fingerprint density at radius 1 is 0.840 bits per heavy atom. The van der Waals surface area contributed by atoms with Gasteiger partial charge in [0.15, 0.2) is 0 Å². The molecule has 25 heavy (non-hydrogen) atoms. The lowest BCUT2D eigenvalue weighted by molar-refractivity contribution is -0.274. The van der Waals surface area contributed by atoms with Gasteiger partial charge in [-0.3, -0.25) is 0 Å². The zero-order valence-electron chi connectivity index (χ0n) is 11.8. The van der Waals surface area contributed by atoms with Gasteiger partial charge in [0.25, 0.3) is 9.05 Å². The van der Waals surface area contributed by atoms with Gasteiger partial charge in [0.05, 0.1) is 10.5 Å². The molecule has 0 aliphatic carbocycles. The van der Waals surface area contributed by atoms with Crippen molar-refractivity contribution in [1.29, 1.82) is 0 Å². The molecular formula is C14H7ClF6O3S. The van der Waals surface area contributed by atoms with Gasteiger partial charge < -0.3 is 4.74 Å². The van der Waals surface area contributed by atoms with Crippen LogP contribution in [0, 0.1) is 0 Å². The fraction of sp³-hybridized carbons (Fsp3) is 0.143. The second-order valence-corrected chi connectivity index (χ2v) is 7.32. The maximum atomic E-state index is 12.9. The molecule has 0 unspecified atom stereocenters. The Hall–Kier alpha value is -1.94. The van der Waals surface area contributed by atoms with Gasteiger partial charge in [-0.2, -0.15) is 13.2 Å². The quantitative estimate of drug-likeness (QED) is 0.522. The summed E-state index contributed by atoms with van der Waals surface area (Å²) in [6.45, 7) is 0. The number of hydrogen-bond acceptors (Lipinski definition) is 3. The lowest BCUT2D eigenvalue weighted by atomic mass is 10.0. The van der Waals surface area contributed by atoms with E-state index in [-0.39, 0.29) is 11.1 Å². The third-order valence-corrected chi connectivity index (χ3v) is 4.27. The van der Waals surface area contributed by atoms with E-state index in [1.165, 1.54) is 0 Å². The number of benzene rings is 2. The van der Waals surface area contributed by atoms with Crippen molar-refractivity contribution in [2.24, 2.45) is 0 Å². The topological polar surface area (TPSA) is 43.4 Å². The maximum absolute atomic E-state index is 12.9. The van der Waals surface area contributed by atoms with Crippen LogP contribution in [0.1, 0.15) is 5.56 Å². The van der Waals surface area contributed by atoms with Crippen molar-refractivity contribution in [2.75, 3.05) is 0 Å². The van der Waals surface area contributed by atoms with E-state index in [1.54, 1.807) is 0 Å². The van der Waals surface area contributed by atoms with Crippen LogP contribution in [0.2, 0.25) is 0 Å². The normalized spacial score (nSPS) is 12.9. The van der Waals surface area contributed by atoms with Gasteiger partial charge in [-0.15, -0.1) is 13.2 Å². The summed E-state index contributed by atoms with van der Waals surface area (Å²) in [5.74, 6) is -0.576. The SMILES string of the molecule is O=S(=O)(Cl)c1cc(-c2ccc(OC(F)(F)F)cc2)cc(C(F)(F)F)c1. The molecule has 0 saturated carbocycles. The smallest absolute Gasteiger partial charge is 0.406 e. The van der Waals surface area contributed by atoms with E-state index in [1.807, 2.05) is 0 Å². The van der Waals surface area contributed by atoms with Gasteiger partial charge in [0, 0.05) is 10.7 Å². The van der Waals surface area contributed by atoms with E-state index >= 15 is 0 Å². The van der Waals surface area contributed by atoms with Crippen LogP contribution in [0.5, 0.6) is 5.75 Å². The molecule has 0 heterocycles. The zero-order valence-corrected chi connectivity index (χ0v) is 13.4. The highest BCUT2D eigenvalue weighted by atomic mass is 35.7. The molecule has 0 N–H and O–H groups in total. The van der Waals surface area contributed by atoms with Gasteiger partial charge in [-0.1, -0.05) is 12.1 Å². The lowest BCUT2D eigenvalue weighted by Gasteiger charge is -2.12. The third-order valence-electron chi connectivity index (χ3n) is 2.94. The van der Waals surface area contributed by atoms with E-state index in [2.05, 4.69) is 4.74 Å². The number of ether oxygens (including phenoxy) is 1. The fourth-order valence-corrected chi connectivity index (χ4v) is 2.72. The average Bonchev–Trinajstić information content (AvgIpc) is 2.44. The number of rotatable bonds is 3. The lowest BCUT2D eigenvalue weighted by Crippen LogP contribution is -2.16. The van der Waals surface area contributed by atoms with E-state index < -0.39 is 37.8 Å². The summed E-state index contributed by atoms with van der Waals surface area (Å²) >= 11 is 0. The molecule has 0 radical (unpaired) electrons. The molecule has 0 aliphatic rings. The van der Waals surface area contributed by atoms with Crippen molar-refractivity contribution in [3.05, 3.63) is 48.0 Å². The van der Waals surface area contributed by atoms with Crippen LogP contribution >= 0.6 is 10.7 Å². The summed E-state index contributed by atoms with van der Waals surface area (Å²) in [6, 6.07) is 5.80. The first kappa shape index (κ1) is 19.4. The first-order valence-corrected chi connectivity index (χ1v) is 8.60. The number of alkyl halides is 6. The largest absolute Gasteiger partial charge is 0.573 e. The molecule has 11 heteroatoms. The van der Waals surface area contributed by atoms with Gasteiger partial charge in [0.2, 0.25) is 0 Å². The van der Waals surface area contributed by atoms with Crippen molar-refractivity contribution in [2.45, 2.75) is 17.4 Å². The standard InChI is InChI=1S/C14H7ClF6O3S/c15-25(22,23)12-6-9(5-10(7-12)13(16,17)18)8-1-3-11(4-2-8)24-14(19,20)21/h1-7H. The van der Waals surface area contributed by atoms with E-state index in [0.717, 1.165) is 30.3 Å². The van der Waals surface area contributed by atoms with Crippen LogP contribution in [0.3, 0.4) is 0 Å². The molecule has 0 amide bonds. The van der Waals surface area contributed by atoms with E-state index in [9.17, 15) is 34.8 Å². The molecule has 0 fully saturated rings. The first-order chi connectivity index (χ1) is 11.3. The van der Waals surface area contributed by atoms with Crippen molar-refractivity contribution >= 4 is 19.7 Å². The molecule has 3 nitrogen and oxygen atoms in total. The minimum atomic E-state index is -4.92. The van der Waals surface area contributed by atoms with Crippen molar-refractivity contribution in [3.8, 4) is 16.9 Å². The Labute approximate surface area is 142 Å². The molecule has 0 bridgehead atoms. The van der Waals surface area contributed by atoms with Crippen LogP contribution in [-0.4, -0.2) is 14.8 Å². The molecule has 0 aliphatic heterocycles. The minimum Gasteiger partial charge on any atom is -0.406 e. The van der Waals surface area contributed by atoms with E-state index in [4.69, 9.17) is 10.7 Å². The summed E-state index contributed by atoms with van der Waals surface area (Å²) in [6.07, 6.45) is -9.76. The highest BCUT2D eigenvalue weighted by Crippen LogP contribution is 2.36. The molecule has 136 valence electrons. The monoisotopic (exact) mass is 404 g/mol. The van der Waals surface area contributed by atoms with Crippen LogP contribution in [0.15, 0.2) is 47.4 Å². The van der Waals surface area contributed by atoms with Gasteiger partial charge in [-0.05, 0) is 41.5 Å². The zero-order chi connectivity index (χ0) is 19.0. The molecular weight excluding hydrogens is 398 g/mol. The molecule has 0 aromatic heterocycles. The summed E-state index contributed by atoms with van der Waals surface area (Å²) in [7, 11) is 0.648. The van der Waals surface area contributed by atoms with Crippen molar-refractivity contribution < 1.29 is 39.5 Å². The van der Waals surface area contributed by atoms with Crippen LogP contribution in [0.25, 0.3) is 11.1 Å². The molecule has 0 spiro atoms. The number of halogens is 7. The van der Waals surface area contributed by atoms with Gasteiger partial charge in [0.1, 0.15) is 5.75 Å². The third kappa shape index (κ3) is 5.27. The average molecular weight is 405 g/mol. The summed E-state index contributed by atoms with van der Waals surface area (Å²) in [4.78, 5) is -0.783. The Morgan fingerprint density at radius 2 is 1.40 bits per heavy atom. The molecule has 0 atom stereocenters. The van der Waals surface area contributed by atoms with Gasteiger partial charge >= 0.3 is 12.5 Å². The highest BCUT2D eigenvalue weighted by molar-refractivity contribution is 8.13. The predicted molar refractivity (Wildman–Crippen MR) is 76.6 cm³/mol. The second-order valence-electron chi connectivity index (χ2n) is 4.75. The maximum Gasteiger partial charge on any atom is 0.573 e. The Kier molecular flexibility index (Phi) is 4.97. The molecule has 2 rings (SSSR count). The summed E-state index contributed by atoms with van der Waals surface area (Å²) in [5.41, 5.74) is -1.41. The first-order valence-electron chi connectivity index (χ1n) is 6.29. The molecule has 2 aromatic carbocycles. The molecule has 2 aromatic rings. The highest BCUT2D eigenvalue weighted by Gasteiger charge is 2.33. The Balaban J connectivity index is 2.51. The van der Waals surface area contributed by atoms with E-state index in [0.29, 0.717) is 12.1 Å². The van der Waals surface area contributed by atoms with Crippen molar-refractivity contribution in [3.63, 3.8) is 0 Å². The summed E-state index contributed by atoms with van der Waals surface area (Å²) in [5, 5.41) is 0. The predicted octanol–water partition coefficient (Wildman–Crippen LogP) is 5.20. The minimum absolute atomic E-state index is 0.0437. The van der Waals surface area contributed by atoms with Crippen LogP contribution in [0.4, 0.5) is 26.3 Å². The fourth-order valence-electron chi connectivity index (χ4n) is 1.92. The second kappa shape index (κ2) is 6.41. The molecule has 0 saturated heterocycles.